The van der Waals surface area contributed by atoms with Crippen LogP contribution in [0.2, 0.25) is 0 Å². The number of nitrogens with zero attached hydrogens (tertiary/aromatic N) is 1. The summed E-state index contributed by atoms with van der Waals surface area (Å²) in [5, 5.41) is 3.31. The summed E-state index contributed by atoms with van der Waals surface area (Å²) in [6.45, 7) is 1.20. The molecule has 5 heteroatoms. The lowest BCUT2D eigenvalue weighted by Gasteiger charge is -2.24. The molecule has 1 amide bonds. The van der Waals surface area contributed by atoms with Gasteiger partial charge in [0.1, 0.15) is 11.6 Å². The number of rotatable bonds is 5. The van der Waals surface area contributed by atoms with E-state index < -0.39 is 11.6 Å². The minimum Gasteiger partial charge on any atom is -0.335 e. The molecule has 0 radical (unpaired) electrons. The number of hydrogen-bond acceptors (Lipinski definition) is 2. The van der Waals surface area contributed by atoms with Gasteiger partial charge < -0.3 is 10.2 Å². The fourth-order valence-corrected chi connectivity index (χ4v) is 2.90. The van der Waals surface area contributed by atoms with Crippen LogP contribution in [0.25, 0.3) is 0 Å². The molecule has 2 fully saturated rings. The van der Waals surface area contributed by atoms with Crippen molar-refractivity contribution in [3.05, 3.63) is 35.4 Å². The summed E-state index contributed by atoms with van der Waals surface area (Å²) in [6, 6.07) is 4.03. The van der Waals surface area contributed by atoms with Gasteiger partial charge in [0.15, 0.2) is 0 Å². The van der Waals surface area contributed by atoms with E-state index in [0.717, 1.165) is 38.3 Å². The molecule has 21 heavy (non-hydrogen) atoms. The van der Waals surface area contributed by atoms with Crippen LogP contribution in [-0.4, -0.2) is 29.4 Å². The molecule has 3 rings (SSSR count). The Kier molecular flexibility index (Phi) is 4.19. The van der Waals surface area contributed by atoms with E-state index in [9.17, 15) is 13.6 Å². The third-order valence-electron chi connectivity index (χ3n) is 4.25. The smallest absolute Gasteiger partial charge is 0.224 e. The highest BCUT2D eigenvalue weighted by Crippen LogP contribution is 2.30. The molecular formula is C16H20F2N2O. The van der Waals surface area contributed by atoms with E-state index in [0.29, 0.717) is 12.0 Å². The monoisotopic (exact) mass is 294 g/mol. The van der Waals surface area contributed by atoms with Crippen molar-refractivity contribution in [1.82, 2.24) is 10.2 Å². The average molecular weight is 294 g/mol. The number of amides is 1. The highest BCUT2D eigenvalue weighted by molar-refractivity contribution is 5.77. The van der Waals surface area contributed by atoms with Crippen LogP contribution in [0.15, 0.2) is 18.2 Å². The van der Waals surface area contributed by atoms with Crippen LogP contribution < -0.4 is 5.32 Å². The van der Waals surface area contributed by atoms with E-state index in [2.05, 4.69) is 5.32 Å². The summed E-state index contributed by atoms with van der Waals surface area (Å²) in [4.78, 5) is 14.2. The van der Waals surface area contributed by atoms with Crippen LogP contribution in [0.4, 0.5) is 8.78 Å². The van der Waals surface area contributed by atoms with Crippen molar-refractivity contribution in [3.8, 4) is 0 Å². The molecule has 1 saturated heterocycles. The first-order valence-electron chi connectivity index (χ1n) is 7.60. The number of benzene rings is 1. The summed E-state index contributed by atoms with van der Waals surface area (Å²) in [6.07, 6.45) is 4.56. The van der Waals surface area contributed by atoms with Gasteiger partial charge in [-0.1, -0.05) is 6.07 Å². The molecule has 1 aromatic rings. The Balaban J connectivity index is 1.67. The zero-order valence-corrected chi connectivity index (χ0v) is 11.9. The first kappa shape index (κ1) is 14.4. The molecule has 1 unspecified atom stereocenters. The zero-order chi connectivity index (χ0) is 14.8. The van der Waals surface area contributed by atoms with Crippen LogP contribution in [0.3, 0.4) is 0 Å². The minimum absolute atomic E-state index is 0.0700. The lowest BCUT2D eigenvalue weighted by atomic mass is 10.1. The minimum atomic E-state index is -0.587. The summed E-state index contributed by atoms with van der Waals surface area (Å²) in [5.41, 5.74) is 0.385. The maximum atomic E-state index is 13.8. The van der Waals surface area contributed by atoms with Gasteiger partial charge in [0.05, 0.1) is 0 Å². The third-order valence-corrected chi connectivity index (χ3v) is 4.25. The largest absolute Gasteiger partial charge is 0.335 e. The predicted octanol–water partition coefficient (Wildman–Crippen LogP) is 2.60. The van der Waals surface area contributed by atoms with Gasteiger partial charge in [0.25, 0.3) is 0 Å². The molecule has 1 aliphatic heterocycles. The number of nitrogens with one attached hydrogen (secondary N) is 1. The molecule has 1 saturated carbocycles. The van der Waals surface area contributed by atoms with Gasteiger partial charge in [0.2, 0.25) is 5.91 Å². The summed E-state index contributed by atoms with van der Waals surface area (Å²) >= 11 is 0. The Hall–Kier alpha value is -1.49. The molecule has 114 valence electrons. The van der Waals surface area contributed by atoms with Gasteiger partial charge >= 0.3 is 0 Å². The van der Waals surface area contributed by atoms with Crippen molar-refractivity contribution >= 4 is 5.91 Å². The first-order chi connectivity index (χ1) is 10.1. The Morgan fingerprint density at radius 1 is 1.29 bits per heavy atom. The van der Waals surface area contributed by atoms with Crippen molar-refractivity contribution in [3.63, 3.8) is 0 Å². The Labute approximate surface area is 123 Å². The van der Waals surface area contributed by atoms with Gasteiger partial charge in [-0.05, 0) is 38.3 Å². The second kappa shape index (κ2) is 6.10. The fraction of sp³-hybridized carbons (Fsp3) is 0.562. The molecule has 2 aliphatic rings. The molecule has 0 bridgehead atoms. The zero-order valence-electron chi connectivity index (χ0n) is 11.9. The van der Waals surface area contributed by atoms with Gasteiger partial charge in [-0.2, -0.15) is 0 Å². The topological polar surface area (TPSA) is 32.3 Å². The van der Waals surface area contributed by atoms with Crippen molar-refractivity contribution in [2.75, 3.05) is 6.54 Å². The molecule has 0 spiro atoms. The van der Waals surface area contributed by atoms with Gasteiger partial charge in [-0.15, -0.1) is 0 Å². The van der Waals surface area contributed by atoms with Crippen LogP contribution >= 0.6 is 0 Å². The van der Waals surface area contributed by atoms with E-state index in [4.69, 9.17) is 0 Å². The standard InChI is InChI=1S/C16H20F2N2O/c17-12-4-3-11(15(18)8-12)10-20(14-5-6-14)16(21)9-13-2-1-7-19-13/h3-4,8,13-14,19H,1-2,5-7,9-10H2. The highest BCUT2D eigenvalue weighted by Gasteiger charge is 2.34. The fourth-order valence-electron chi connectivity index (χ4n) is 2.90. The van der Waals surface area contributed by atoms with E-state index in [1.165, 1.54) is 12.1 Å². The summed E-state index contributed by atoms with van der Waals surface area (Å²) < 4.78 is 26.7. The van der Waals surface area contributed by atoms with Crippen LogP contribution in [0.1, 0.15) is 37.7 Å². The lowest BCUT2D eigenvalue weighted by Crippen LogP contribution is -2.37. The van der Waals surface area contributed by atoms with E-state index in [-0.39, 0.29) is 24.5 Å². The number of halogens is 2. The Bertz CT molecular complexity index is 525. The van der Waals surface area contributed by atoms with Crippen molar-refractivity contribution < 1.29 is 13.6 Å². The number of hydrogen-bond donors (Lipinski definition) is 1. The molecule has 1 aliphatic carbocycles. The van der Waals surface area contributed by atoms with Gasteiger partial charge in [-0.3, -0.25) is 4.79 Å². The first-order valence-corrected chi connectivity index (χ1v) is 7.60. The predicted molar refractivity (Wildman–Crippen MR) is 75.6 cm³/mol. The third kappa shape index (κ3) is 3.59. The Morgan fingerprint density at radius 2 is 2.10 bits per heavy atom. The Morgan fingerprint density at radius 3 is 2.71 bits per heavy atom. The van der Waals surface area contributed by atoms with Crippen molar-refractivity contribution in [2.24, 2.45) is 0 Å². The molecular weight excluding hydrogens is 274 g/mol. The van der Waals surface area contributed by atoms with Crippen molar-refractivity contribution in [2.45, 2.75) is 50.7 Å². The van der Waals surface area contributed by atoms with Crippen molar-refractivity contribution in [1.29, 1.82) is 0 Å². The van der Waals surface area contributed by atoms with Gasteiger partial charge in [-0.25, -0.2) is 8.78 Å². The van der Waals surface area contributed by atoms with E-state index >= 15 is 0 Å². The van der Waals surface area contributed by atoms with Crippen LogP contribution in [-0.2, 0) is 11.3 Å². The lowest BCUT2D eigenvalue weighted by molar-refractivity contribution is -0.132. The molecule has 1 N–H and O–H groups in total. The quantitative estimate of drug-likeness (QED) is 0.905. The average Bonchev–Trinajstić information content (AvgIpc) is 3.15. The normalized spacial score (nSPS) is 21.5. The number of carbonyl (C=O) groups is 1. The molecule has 1 heterocycles. The maximum Gasteiger partial charge on any atom is 0.224 e. The summed E-state index contributed by atoms with van der Waals surface area (Å²) in [5.74, 6) is -1.09. The second-order valence-electron chi connectivity index (χ2n) is 5.99. The highest BCUT2D eigenvalue weighted by atomic mass is 19.1. The SMILES string of the molecule is O=C(CC1CCCN1)N(Cc1ccc(F)cc1F)C1CC1. The van der Waals surface area contributed by atoms with E-state index in [1.54, 1.807) is 4.90 Å². The molecule has 0 aromatic heterocycles. The maximum absolute atomic E-state index is 13.8. The number of carbonyl (C=O) groups excluding carboxylic acids is 1. The second-order valence-corrected chi connectivity index (χ2v) is 5.99. The van der Waals surface area contributed by atoms with Crippen LogP contribution in [0.5, 0.6) is 0 Å². The summed E-state index contributed by atoms with van der Waals surface area (Å²) in [7, 11) is 0. The molecule has 1 atom stereocenters. The van der Waals surface area contributed by atoms with E-state index in [1.807, 2.05) is 0 Å². The molecule has 3 nitrogen and oxygen atoms in total. The van der Waals surface area contributed by atoms with Gasteiger partial charge in [0, 0.05) is 36.7 Å². The molecule has 1 aromatic carbocycles. The van der Waals surface area contributed by atoms with Crippen LogP contribution in [0, 0.1) is 11.6 Å².